The van der Waals surface area contributed by atoms with E-state index in [-0.39, 0.29) is 6.61 Å². The average molecular weight is 243 g/mol. The summed E-state index contributed by atoms with van der Waals surface area (Å²) in [6.45, 7) is -0.344. The van der Waals surface area contributed by atoms with E-state index in [9.17, 15) is 8.78 Å². The van der Waals surface area contributed by atoms with Crippen LogP contribution in [0.3, 0.4) is 0 Å². The Bertz CT molecular complexity index is 399. The van der Waals surface area contributed by atoms with Crippen LogP contribution in [0.4, 0.5) is 14.6 Å². The van der Waals surface area contributed by atoms with Crippen LogP contribution in [0.2, 0.25) is 0 Å². The largest absolute Gasteiger partial charge is 0.383 e. The van der Waals surface area contributed by atoms with Crippen molar-refractivity contribution in [2.24, 2.45) is 0 Å². The van der Waals surface area contributed by atoms with Crippen LogP contribution in [0.25, 0.3) is 0 Å². The monoisotopic (exact) mass is 243 g/mol. The Kier molecular flexibility index (Phi) is 3.83. The molecular weight excluding hydrogens is 228 g/mol. The zero-order valence-corrected chi connectivity index (χ0v) is 9.46. The van der Waals surface area contributed by atoms with Crippen LogP contribution in [0.1, 0.15) is 23.5 Å². The van der Waals surface area contributed by atoms with E-state index in [2.05, 4.69) is 9.97 Å². The molecule has 0 aliphatic heterocycles. The minimum Gasteiger partial charge on any atom is -0.383 e. The summed E-state index contributed by atoms with van der Waals surface area (Å²) >= 11 is 0. The van der Waals surface area contributed by atoms with Crippen molar-refractivity contribution in [1.29, 1.82) is 0 Å². The van der Waals surface area contributed by atoms with Gasteiger partial charge in [-0.2, -0.15) is 0 Å². The minimum atomic E-state index is -2.43. The maximum atomic E-state index is 11.8. The topological polar surface area (TPSA) is 61.0 Å². The van der Waals surface area contributed by atoms with Crippen LogP contribution in [0.5, 0.6) is 0 Å². The standard InChI is InChI=1S/C11H15F2N3O/c12-9(13)6-17-5-4-10-15-8-3-1-2-7(8)11(14)16-10/h9H,1-6H2,(H2,14,15,16). The molecule has 6 heteroatoms. The lowest BCUT2D eigenvalue weighted by Gasteiger charge is -2.07. The van der Waals surface area contributed by atoms with Gasteiger partial charge in [-0.05, 0) is 19.3 Å². The van der Waals surface area contributed by atoms with Crippen molar-refractivity contribution in [3.63, 3.8) is 0 Å². The lowest BCUT2D eigenvalue weighted by Crippen LogP contribution is -2.11. The first-order chi connectivity index (χ1) is 8.16. The van der Waals surface area contributed by atoms with Gasteiger partial charge in [-0.25, -0.2) is 18.7 Å². The van der Waals surface area contributed by atoms with Crippen LogP contribution in [-0.2, 0) is 24.0 Å². The van der Waals surface area contributed by atoms with Crippen LogP contribution >= 0.6 is 0 Å². The maximum Gasteiger partial charge on any atom is 0.261 e. The Balaban J connectivity index is 1.91. The number of alkyl halides is 2. The molecule has 1 aliphatic rings. The highest BCUT2D eigenvalue weighted by molar-refractivity contribution is 5.44. The summed E-state index contributed by atoms with van der Waals surface area (Å²) in [4.78, 5) is 8.53. The van der Waals surface area contributed by atoms with Crippen molar-refractivity contribution in [3.05, 3.63) is 17.1 Å². The number of nitrogens with two attached hydrogens (primary N) is 1. The number of hydrogen-bond acceptors (Lipinski definition) is 4. The summed E-state index contributed by atoms with van der Waals surface area (Å²) in [6, 6.07) is 0. The third-order valence-electron chi connectivity index (χ3n) is 2.73. The zero-order valence-electron chi connectivity index (χ0n) is 9.46. The maximum absolute atomic E-state index is 11.8. The van der Waals surface area contributed by atoms with Crippen molar-refractivity contribution in [1.82, 2.24) is 9.97 Å². The van der Waals surface area contributed by atoms with Crippen molar-refractivity contribution in [2.75, 3.05) is 18.9 Å². The van der Waals surface area contributed by atoms with E-state index >= 15 is 0 Å². The second kappa shape index (κ2) is 5.35. The molecule has 0 atom stereocenters. The first kappa shape index (κ1) is 12.2. The number of hydrogen-bond donors (Lipinski definition) is 1. The van der Waals surface area contributed by atoms with E-state index in [0.29, 0.717) is 18.1 Å². The lowest BCUT2D eigenvalue weighted by atomic mass is 10.2. The van der Waals surface area contributed by atoms with Gasteiger partial charge in [0.1, 0.15) is 18.2 Å². The van der Waals surface area contributed by atoms with Crippen molar-refractivity contribution in [2.45, 2.75) is 32.1 Å². The van der Waals surface area contributed by atoms with Gasteiger partial charge in [0.2, 0.25) is 0 Å². The molecule has 1 aromatic heterocycles. The number of halogens is 2. The number of nitrogens with zero attached hydrogens (tertiary/aromatic N) is 2. The Labute approximate surface area is 98.2 Å². The molecule has 0 unspecified atom stereocenters. The number of nitrogen functional groups attached to an aromatic ring is 1. The Morgan fingerprint density at radius 1 is 1.29 bits per heavy atom. The Hall–Kier alpha value is -1.30. The molecule has 0 bridgehead atoms. The van der Waals surface area contributed by atoms with Gasteiger partial charge >= 0.3 is 0 Å². The van der Waals surface area contributed by atoms with Gasteiger partial charge in [-0.3, -0.25) is 0 Å². The van der Waals surface area contributed by atoms with Gasteiger partial charge in [0.05, 0.1) is 6.61 Å². The normalized spacial score (nSPS) is 14.3. The number of fused-ring (bicyclic) bond motifs is 1. The first-order valence-electron chi connectivity index (χ1n) is 5.67. The molecule has 0 amide bonds. The lowest BCUT2D eigenvalue weighted by molar-refractivity contribution is 0.0183. The second-order valence-corrected chi connectivity index (χ2v) is 4.02. The predicted molar refractivity (Wildman–Crippen MR) is 59.0 cm³/mol. The van der Waals surface area contributed by atoms with E-state index < -0.39 is 13.0 Å². The van der Waals surface area contributed by atoms with Crippen molar-refractivity contribution < 1.29 is 13.5 Å². The molecular formula is C11H15F2N3O. The van der Waals surface area contributed by atoms with E-state index in [1.165, 1.54) is 0 Å². The highest BCUT2D eigenvalue weighted by Crippen LogP contribution is 2.24. The van der Waals surface area contributed by atoms with Crippen molar-refractivity contribution >= 4 is 5.82 Å². The fraction of sp³-hybridized carbons (Fsp3) is 0.636. The molecule has 17 heavy (non-hydrogen) atoms. The number of ether oxygens (including phenoxy) is 1. The molecule has 4 nitrogen and oxygen atoms in total. The quantitative estimate of drug-likeness (QED) is 0.793. The summed E-state index contributed by atoms with van der Waals surface area (Å²) in [5, 5.41) is 0. The smallest absolute Gasteiger partial charge is 0.261 e. The minimum absolute atomic E-state index is 0.197. The van der Waals surface area contributed by atoms with Gasteiger partial charge in [0.15, 0.2) is 0 Å². The van der Waals surface area contributed by atoms with Gasteiger partial charge < -0.3 is 10.5 Å². The van der Waals surface area contributed by atoms with E-state index in [1.807, 2.05) is 0 Å². The molecule has 0 fully saturated rings. The zero-order chi connectivity index (χ0) is 12.3. The van der Waals surface area contributed by atoms with Gasteiger partial charge in [-0.15, -0.1) is 0 Å². The number of rotatable bonds is 5. The molecule has 0 aromatic carbocycles. The molecule has 2 N–H and O–H groups in total. The summed E-state index contributed by atoms with van der Waals surface area (Å²) < 4.78 is 28.4. The predicted octanol–water partition coefficient (Wildman–Crippen LogP) is 1.37. The summed E-state index contributed by atoms with van der Waals surface area (Å²) in [7, 11) is 0. The molecule has 94 valence electrons. The molecule has 0 spiro atoms. The van der Waals surface area contributed by atoms with Gasteiger partial charge in [0, 0.05) is 17.7 Å². The molecule has 0 saturated heterocycles. The highest BCUT2D eigenvalue weighted by Gasteiger charge is 2.17. The fourth-order valence-electron chi connectivity index (χ4n) is 1.96. The van der Waals surface area contributed by atoms with Crippen LogP contribution < -0.4 is 5.73 Å². The van der Waals surface area contributed by atoms with Gasteiger partial charge in [-0.1, -0.05) is 0 Å². The third kappa shape index (κ3) is 3.09. The Morgan fingerprint density at radius 2 is 2.12 bits per heavy atom. The highest BCUT2D eigenvalue weighted by atomic mass is 19.3. The Morgan fingerprint density at radius 3 is 2.88 bits per heavy atom. The molecule has 0 saturated carbocycles. The SMILES string of the molecule is Nc1nc(CCOCC(F)F)nc2c1CCC2. The molecule has 1 heterocycles. The van der Waals surface area contributed by atoms with E-state index in [0.717, 1.165) is 30.5 Å². The second-order valence-electron chi connectivity index (χ2n) is 4.02. The summed E-state index contributed by atoms with van der Waals surface area (Å²) in [5.41, 5.74) is 7.86. The molecule has 0 radical (unpaired) electrons. The molecule has 1 aromatic rings. The number of aromatic nitrogens is 2. The molecule has 2 rings (SSSR count). The van der Waals surface area contributed by atoms with E-state index in [1.54, 1.807) is 0 Å². The van der Waals surface area contributed by atoms with Crippen LogP contribution in [0, 0.1) is 0 Å². The third-order valence-corrected chi connectivity index (χ3v) is 2.73. The molecule has 1 aliphatic carbocycles. The number of anilines is 1. The van der Waals surface area contributed by atoms with Crippen LogP contribution in [-0.4, -0.2) is 29.6 Å². The van der Waals surface area contributed by atoms with Gasteiger partial charge in [0.25, 0.3) is 6.43 Å². The summed E-state index contributed by atoms with van der Waals surface area (Å²) in [6.07, 6.45) is 0.904. The summed E-state index contributed by atoms with van der Waals surface area (Å²) in [5.74, 6) is 1.11. The fourth-order valence-corrected chi connectivity index (χ4v) is 1.96. The number of aryl methyl sites for hydroxylation is 1. The van der Waals surface area contributed by atoms with Crippen LogP contribution in [0.15, 0.2) is 0 Å². The van der Waals surface area contributed by atoms with E-state index in [4.69, 9.17) is 10.5 Å². The van der Waals surface area contributed by atoms with Crippen molar-refractivity contribution in [3.8, 4) is 0 Å². The first-order valence-corrected chi connectivity index (χ1v) is 5.67. The average Bonchev–Trinajstić information content (AvgIpc) is 2.72.